The van der Waals surface area contributed by atoms with Crippen molar-refractivity contribution in [1.82, 2.24) is 5.32 Å². The second-order valence-electron chi connectivity index (χ2n) is 20.3. The number of rotatable bonds is 55. The van der Waals surface area contributed by atoms with Crippen molar-refractivity contribution >= 4 is 23.9 Å². The molecule has 0 amide bonds. The quantitative estimate of drug-likeness (QED) is 0.0265. The molecule has 0 aliphatic rings. The van der Waals surface area contributed by atoms with Gasteiger partial charge in [-0.3, -0.25) is 19.2 Å². The molecule has 9 heteroatoms. The van der Waals surface area contributed by atoms with Gasteiger partial charge in [-0.15, -0.1) is 0 Å². The molecule has 0 heterocycles. The highest BCUT2D eigenvalue weighted by molar-refractivity contribution is 5.70. The predicted octanol–water partition coefficient (Wildman–Crippen LogP) is 17.5. The molecule has 0 aliphatic heterocycles. The summed E-state index contributed by atoms with van der Waals surface area (Å²) in [5, 5.41) is 12.6. The fourth-order valence-corrected chi connectivity index (χ4v) is 8.61. The Morgan fingerprint density at radius 3 is 0.814 bits per heavy atom. The van der Waals surface area contributed by atoms with Crippen LogP contribution in [0.2, 0.25) is 0 Å². The number of hydrogen-bond donors (Lipinski definition) is 2. The summed E-state index contributed by atoms with van der Waals surface area (Å²) in [6.07, 6.45) is 60.0. The van der Waals surface area contributed by atoms with Crippen LogP contribution >= 0.6 is 0 Å². The molecule has 9 nitrogen and oxygen atoms in total. The van der Waals surface area contributed by atoms with E-state index in [-0.39, 0.29) is 70.0 Å². The number of carboxylic acids is 1. The average Bonchev–Trinajstić information content (AvgIpc) is 3.35. The Bertz CT molecular complexity index is 1140. The molecular weight excluding hydrogens is 875 g/mol. The topological polar surface area (TPSA) is 128 Å². The highest BCUT2D eigenvalue weighted by Gasteiger charge is 2.35. The molecule has 0 fully saturated rings. The van der Waals surface area contributed by atoms with E-state index in [9.17, 15) is 24.3 Å². The Kier molecular flexibility index (Phi) is 51.6. The SMILES string of the molecule is CCCCCCCC/C=C\CCCCCCCC(=O)OCC(COC(=O)CCCCCCC/C=C\CCCCCCCC)(COC(=O)CCCCCCC/C=C\CCCCCCCC)NCCC(=O)O. The van der Waals surface area contributed by atoms with Gasteiger partial charge in [-0.05, 0) is 96.3 Å². The molecule has 0 bridgehead atoms. The van der Waals surface area contributed by atoms with Crippen LogP contribution < -0.4 is 5.32 Å². The fraction of sp³-hybridized carbons (Fsp3) is 0.836. The van der Waals surface area contributed by atoms with Gasteiger partial charge >= 0.3 is 23.9 Å². The Hall–Kier alpha value is -2.94. The van der Waals surface area contributed by atoms with Crippen LogP contribution in [0.1, 0.15) is 297 Å². The largest absolute Gasteiger partial charge is 0.481 e. The number of carbonyl (C=O) groups excluding carboxylic acids is 3. The molecule has 0 saturated heterocycles. The molecule has 0 aliphatic carbocycles. The number of carboxylic acid groups (broad SMARTS) is 1. The van der Waals surface area contributed by atoms with Gasteiger partial charge in [0, 0.05) is 25.8 Å². The fourth-order valence-electron chi connectivity index (χ4n) is 8.61. The average molecular weight is 987 g/mol. The van der Waals surface area contributed by atoms with Crippen LogP contribution in [-0.2, 0) is 33.4 Å². The van der Waals surface area contributed by atoms with E-state index in [1.807, 2.05) is 0 Å². The first-order chi connectivity index (χ1) is 34.3. The maximum absolute atomic E-state index is 13.0. The van der Waals surface area contributed by atoms with Crippen LogP contribution in [0.3, 0.4) is 0 Å². The third-order valence-corrected chi connectivity index (χ3v) is 13.3. The van der Waals surface area contributed by atoms with E-state index in [2.05, 4.69) is 62.5 Å². The third-order valence-electron chi connectivity index (χ3n) is 13.3. The number of ether oxygens (including phenoxy) is 3. The zero-order valence-electron chi connectivity index (χ0n) is 46.0. The predicted molar refractivity (Wildman–Crippen MR) is 294 cm³/mol. The highest BCUT2D eigenvalue weighted by atomic mass is 16.6. The number of esters is 3. The normalized spacial score (nSPS) is 11.9. The molecule has 0 saturated carbocycles. The zero-order valence-corrected chi connectivity index (χ0v) is 46.0. The Morgan fingerprint density at radius 2 is 0.571 bits per heavy atom. The molecule has 0 rings (SSSR count). The summed E-state index contributed by atoms with van der Waals surface area (Å²) in [6, 6.07) is 0. The first-order valence-corrected chi connectivity index (χ1v) is 29.7. The maximum atomic E-state index is 13.0. The molecule has 0 unspecified atom stereocenters. The number of aliphatic carboxylic acids is 1. The van der Waals surface area contributed by atoms with Crippen molar-refractivity contribution < 1.29 is 38.5 Å². The van der Waals surface area contributed by atoms with Crippen molar-refractivity contribution in [1.29, 1.82) is 0 Å². The minimum absolute atomic E-state index is 0.0265. The number of hydrogen-bond acceptors (Lipinski definition) is 8. The summed E-state index contributed by atoms with van der Waals surface area (Å²) in [5.74, 6) is -2.12. The molecule has 0 aromatic rings. The number of allylic oxidation sites excluding steroid dienone is 6. The van der Waals surface area contributed by atoms with Crippen LogP contribution in [0.4, 0.5) is 0 Å². The van der Waals surface area contributed by atoms with Gasteiger partial charge in [0.15, 0.2) is 0 Å². The Morgan fingerprint density at radius 1 is 0.343 bits per heavy atom. The second-order valence-corrected chi connectivity index (χ2v) is 20.3. The Balaban J connectivity index is 5.00. The standard InChI is InChI=1S/C61H111NO8/c1-4-7-10-13-16-19-22-25-28-31-34-37-40-43-46-49-58(65)68-54-61(62-53-52-57(63)64,55-69-59(66)50-47-44-41-38-35-32-29-26-23-20-17-14-11-8-5-2)56-70-60(67)51-48-45-42-39-36-33-30-27-24-21-18-15-12-9-6-3/h25-30,62H,4-24,31-56H2,1-3H3,(H,63,64)/b28-25-,29-26-,30-27-. The lowest BCUT2D eigenvalue weighted by molar-refractivity contribution is -0.157. The summed E-state index contributed by atoms with van der Waals surface area (Å²) in [6.45, 7) is 6.15. The smallest absolute Gasteiger partial charge is 0.305 e. The second kappa shape index (κ2) is 53.8. The van der Waals surface area contributed by atoms with Gasteiger partial charge in [0.1, 0.15) is 25.4 Å². The molecule has 0 atom stereocenters. The maximum Gasteiger partial charge on any atom is 0.305 e. The van der Waals surface area contributed by atoms with Crippen LogP contribution in [0.15, 0.2) is 36.5 Å². The first-order valence-electron chi connectivity index (χ1n) is 29.7. The minimum atomic E-state index is -1.27. The van der Waals surface area contributed by atoms with Gasteiger partial charge in [-0.1, -0.05) is 211 Å². The monoisotopic (exact) mass is 986 g/mol. The highest BCUT2D eigenvalue weighted by Crippen LogP contribution is 2.17. The molecule has 2 N–H and O–H groups in total. The van der Waals surface area contributed by atoms with E-state index in [1.54, 1.807) is 0 Å². The van der Waals surface area contributed by atoms with E-state index in [1.165, 1.54) is 135 Å². The molecule has 0 spiro atoms. The molecule has 0 aromatic heterocycles. The van der Waals surface area contributed by atoms with Gasteiger partial charge in [0.25, 0.3) is 0 Å². The van der Waals surface area contributed by atoms with E-state index in [4.69, 9.17) is 14.2 Å². The van der Waals surface area contributed by atoms with Crippen molar-refractivity contribution in [3.05, 3.63) is 36.5 Å². The first kappa shape index (κ1) is 67.1. The van der Waals surface area contributed by atoms with Crippen molar-refractivity contribution in [2.75, 3.05) is 26.4 Å². The van der Waals surface area contributed by atoms with E-state index in [0.717, 1.165) is 96.3 Å². The van der Waals surface area contributed by atoms with Crippen molar-refractivity contribution in [3.63, 3.8) is 0 Å². The van der Waals surface area contributed by atoms with E-state index >= 15 is 0 Å². The molecule has 0 radical (unpaired) electrons. The molecular formula is C61H111NO8. The summed E-state index contributed by atoms with van der Waals surface area (Å²) in [5.41, 5.74) is -1.27. The third kappa shape index (κ3) is 50.0. The van der Waals surface area contributed by atoms with Crippen molar-refractivity contribution in [2.24, 2.45) is 0 Å². The summed E-state index contributed by atoms with van der Waals surface area (Å²) in [4.78, 5) is 50.7. The van der Waals surface area contributed by atoms with Gasteiger partial charge < -0.3 is 24.6 Å². The van der Waals surface area contributed by atoms with Gasteiger partial charge in [-0.2, -0.15) is 0 Å². The Labute approximate surface area is 431 Å². The van der Waals surface area contributed by atoms with Gasteiger partial charge in [0.05, 0.1) is 6.42 Å². The van der Waals surface area contributed by atoms with E-state index in [0.29, 0.717) is 19.3 Å². The summed E-state index contributed by atoms with van der Waals surface area (Å²) < 4.78 is 17.3. The van der Waals surface area contributed by atoms with Gasteiger partial charge in [-0.25, -0.2) is 0 Å². The van der Waals surface area contributed by atoms with Crippen molar-refractivity contribution in [2.45, 2.75) is 302 Å². The van der Waals surface area contributed by atoms with Gasteiger partial charge in [0.2, 0.25) is 0 Å². The number of carbonyl (C=O) groups is 4. The van der Waals surface area contributed by atoms with E-state index < -0.39 is 11.5 Å². The van der Waals surface area contributed by atoms with Crippen LogP contribution in [0.5, 0.6) is 0 Å². The van der Waals surface area contributed by atoms with Crippen LogP contribution in [-0.4, -0.2) is 60.9 Å². The summed E-state index contributed by atoms with van der Waals surface area (Å²) >= 11 is 0. The summed E-state index contributed by atoms with van der Waals surface area (Å²) in [7, 11) is 0. The lowest BCUT2D eigenvalue weighted by Gasteiger charge is -2.33. The van der Waals surface area contributed by atoms with Crippen molar-refractivity contribution in [3.8, 4) is 0 Å². The minimum Gasteiger partial charge on any atom is -0.481 e. The zero-order chi connectivity index (χ0) is 51.1. The number of unbranched alkanes of at least 4 members (excludes halogenated alkanes) is 33. The van der Waals surface area contributed by atoms with Crippen LogP contribution in [0.25, 0.3) is 0 Å². The lowest BCUT2D eigenvalue weighted by Crippen LogP contribution is -2.57. The molecule has 70 heavy (non-hydrogen) atoms. The molecule has 0 aromatic carbocycles. The molecule has 408 valence electrons. The van der Waals surface area contributed by atoms with Crippen LogP contribution in [0, 0.1) is 0 Å². The number of nitrogens with one attached hydrogen (secondary N) is 1. The lowest BCUT2D eigenvalue weighted by atomic mass is 10.0.